The van der Waals surface area contributed by atoms with E-state index in [1.165, 1.54) is 4.90 Å². The molecule has 126 valence electrons. The number of hydrogen-bond acceptors (Lipinski definition) is 4. The molecule has 0 fully saturated rings. The average Bonchev–Trinajstić information content (AvgIpc) is 2.56. The summed E-state index contributed by atoms with van der Waals surface area (Å²) in [5, 5.41) is 0. The Hall–Kier alpha value is -2.14. The second-order valence-corrected chi connectivity index (χ2v) is 4.96. The van der Waals surface area contributed by atoms with Crippen molar-refractivity contribution < 1.29 is 19.1 Å². The van der Waals surface area contributed by atoms with Gasteiger partial charge in [0.05, 0.1) is 13.2 Å². The first-order chi connectivity index (χ1) is 11.2. The Labute approximate surface area is 137 Å². The Morgan fingerprint density at radius 2 is 1.96 bits per heavy atom. The summed E-state index contributed by atoms with van der Waals surface area (Å²) < 4.78 is 9.89. The summed E-state index contributed by atoms with van der Waals surface area (Å²) in [5.74, 6) is -0.468. The lowest BCUT2D eigenvalue weighted by Crippen LogP contribution is -2.38. The van der Waals surface area contributed by atoms with Gasteiger partial charge in [-0.2, -0.15) is 0 Å². The zero-order valence-electron chi connectivity index (χ0n) is 13.9. The van der Waals surface area contributed by atoms with E-state index >= 15 is 0 Å². The van der Waals surface area contributed by atoms with Crippen molar-refractivity contribution >= 4 is 18.0 Å². The quantitative estimate of drug-likeness (QED) is 0.622. The molecule has 0 heterocycles. The molecule has 0 saturated heterocycles. The third-order valence-corrected chi connectivity index (χ3v) is 3.18. The summed E-state index contributed by atoms with van der Waals surface area (Å²) in [6, 6.07) is 9.91. The fourth-order valence-corrected chi connectivity index (χ4v) is 2.00. The number of benzene rings is 1. The number of allylic oxidation sites excluding steroid dienone is 1. The molecule has 1 aromatic rings. The van der Waals surface area contributed by atoms with E-state index in [-0.39, 0.29) is 12.5 Å². The number of esters is 1. The van der Waals surface area contributed by atoms with Crippen molar-refractivity contribution in [3.63, 3.8) is 0 Å². The number of carbonyl (C=O) groups is 2. The third-order valence-electron chi connectivity index (χ3n) is 3.18. The minimum atomic E-state index is -0.392. The molecule has 0 aliphatic heterocycles. The van der Waals surface area contributed by atoms with Gasteiger partial charge in [-0.15, -0.1) is 0 Å². The van der Waals surface area contributed by atoms with Gasteiger partial charge in [-0.05, 0) is 18.9 Å². The van der Waals surface area contributed by atoms with E-state index in [1.807, 2.05) is 42.5 Å². The summed E-state index contributed by atoms with van der Waals surface area (Å²) in [7, 11) is 1.57. The third kappa shape index (κ3) is 8.16. The van der Waals surface area contributed by atoms with E-state index in [1.54, 1.807) is 14.0 Å². The molecule has 5 nitrogen and oxygen atoms in total. The molecule has 0 unspecified atom stereocenters. The molecule has 0 saturated carbocycles. The molecule has 0 aromatic heterocycles. The lowest BCUT2D eigenvalue weighted by Gasteiger charge is -2.21. The Kier molecular flexibility index (Phi) is 9.40. The molecule has 0 N–H and O–H groups in total. The molecule has 0 radical (unpaired) electrons. The van der Waals surface area contributed by atoms with Crippen molar-refractivity contribution in [1.29, 1.82) is 0 Å². The van der Waals surface area contributed by atoms with Gasteiger partial charge in [0, 0.05) is 20.1 Å². The van der Waals surface area contributed by atoms with Crippen molar-refractivity contribution in [2.24, 2.45) is 0 Å². The summed E-state index contributed by atoms with van der Waals surface area (Å²) >= 11 is 0. The topological polar surface area (TPSA) is 55.8 Å². The smallest absolute Gasteiger partial charge is 0.325 e. The van der Waals surface area contributed by atoms with Gasteiger partial charge in [-0.1, -0.05) is 42.5 Å². The Balaban J connectivity index is 2.45. The van der Waals surface area contributed by atoms with Crippen LogP contribution in [0.1, 0.15) is 25.3 Å². The number of amides is 1. The second-order valence-electron chi connectivity index (χ2n) is 4.96. The zero-order valence-corrected chi connectivity index (χ0v) is 13.9. The Morgan fingerprint density at radius 3 is 2.61 bits per heavy atom. The van der Waals surface area contributed by atoms with Crippen molar-refractivity contribution in [2.75, 3.05) is 33.4 Å². The molecule has 1 amide bonds. The molecule has 0 atom stereocenters. The molecule has 23 heavy (non-hydrogen) atoms. The monoisotopic (exact) mass is 319 g/mol. The molecular formula is C18H25NO4. The SMILES string of the molecule is CCOC(=O)CN(CCOC)C(=O)CC/C=C/c1ccccc1. The standard InChI is InChI=1S/C18H25NO4/c1-3-23-18(21)15-19(13-14-22-2)17(20)12-8-7-11-16-9-5-4-6-10-16/h4-7,9-11H,3,8,12-15H2,1-2H3/b11-7+. The largest absolute Gasteiger partial charge is 0.465 e. The van der Waals surface area contributed by atoms with Crippen molar-refractivity contribution in [1.82, 2.24) is 4.90 Å². The van der Waals surface area contributed by atoms with E-state index in [4.69, 9.17) is 9.47 Å². The highest BCUT2D eigenvalue weighted by Crippen LogP contribution is 2.05. The highest BCUT2D eigenvalue weighted by molar-refractivity contribution is 5.82. The average molecular weight is 319 g/mol. The van der Waals surface area contributed by atoms with Crippen LogP contribution in [-0.2, 0) is 19.1 Å². The van der Waals surface area contributed by atoms with Crippen LogP contribution in [0.4, 0.5) is 0 Å². The Morgan fingerprint density at radius 1 is 1.22 bits per heavy atom. The van der Waals surface area contributed by atoms with Crippen LogP contribution in [0.25, 0.3) is 6.08 Å². The summed E-state index contributed by atoms with van der Waals surface area (Å²) in [6.07, 6.45) is 4.93. The van der Waals surface area contributed by atoms with Gasteiger partial charge in [0.15, 0.2) is 0 Å². The summed E-state index contributed by atoms with van der Waals surface area (Å²) in [6.45, 7) is 2.80. The first-order valence-electron chi connectivity index (χ1n) is 7.81. The zero-order chi connectivity index (χ0) is 16.9. The molecule has 0 bridgehead atoms. The molecular weight excluding hydrogens is 294 g/mol. The Bertz CT molecular complexity index is 499. The maximum atomic E-state index is 12.2. The number of rotatable bonds is 10. The van der Waals surface area contributed by atoms with Crippen LogP contribution in [-0.4, -0.2) is 50.2 Å². The molecule has 1 rings (SSSR count). The second kappa shape index (κ2) is 11.4. The summed E-state index contributed by atoms with van der Waals surface area (Å²) in [4.78, 5) is 25.3. The van der Waals surface area contributed by atoms with Gasteiger partial charge in [0.25, 0.3) is 0 Å². The fraction of sp³-hybridized carbons (Fsp3) is 0.444. The van der Waals surface area contributed by atoms with E-state index in [2.05, 4.69) is 0 Å². The number of hydrogen-bond donors (Lipinski definition) is 0. The van der Waals surface area contributed by atoms with Crippen LogP contribution >= 0.6 is 0 Å². The van der Waals surface area contributed by atoms with Gasteiger partial charge in [0.2, 0.25) is 5.91 Å². The molecule has 1 aromatic carbocycles. The van der Waals surface area contributed by atoms with Crippen molar-refractivity contribution in [2.45, 2.75) is 19.8 Å². The molecule has 0 spiro atoms. The van der Waals surface area contributed by atoms with E-state index in [0.717, 1.165) is 5.56 Å². The predicted octanol–water partition coefficient (Wildman–Crippen LogP) is 2.52. The molecule has 0 aliphatic rings. The van der Waals surface area contributed by atoms with Gasteiger partial charge in [-0.3, -0.25) is 9.59 Å². The highest BCUT2D eigenvalue weighted by atomic mass is 16.5. The van der Waals surface area contributed by atoms with Crippen LogP contribution in [0.15, 0.2) is 36.4 Å². The van der Waals surface area contributed by atoms with Crippen LogP contribution in [0.3, 0.4) is 0 Å². The minimum Gasteiger partial charge on any atom is -0.465 e. The highest BCUT2D eigenvalue weighted by Gasteiger charge is 2.16. The van der Waals surface area contributed by atoms with Crippen LogP contribution in [0, 0.1) is 0 Å². The van der Waals surface area contributed by atoms with Gasteiger partial charge in [0.1, 0.15) is 6.54 Å². The lowest BCUT2D eigenvalue weighted by molar-refractivity contribution is -0.149. The van der Waals surface area contributed by atoms with E-state index in [9.17, 15) is 9.59 Å². The van der Waals surface area contributed by atoms with Crippen molar-refractivity contribution in [3.05, 3.63) is 42.0 Å². The summed E-state index contributed by atoms with van der Waals surface area (Å²) in [5.41, 5.74) is 1.10. The van der Waals surface area contributed by atoms with Crippen LogP contribution < -0.4 is 0 Å². The van der Waals surface area contributed by atoms with Crippen LogP contribution in [0.2, 0.25) is 0 Å². The first-order valence-corrected chi connectivity index (χ1v) is 7.81. The maximum absolute atomic E-state index is 12.2. The van der Waals surface area contributed by atoms with Crippen molar-refractivity contribution in [3.8, 4) is 0 Å². The molecule has 5 heteroatoms. The lowest BCUT2D eigenvalue weighted by atomic mass is 10.2. The fourth-order valence-electron chi connectivity index (χ4n) is 2.00. The number of methoxy groups -OCH3 is 1. The molecule has 0 aliphatic carbocycles. The van der Waals surface area contributed by atoms with Crippen LogP contribution in [0.5, 0.6) is 0 Å². The normalized spacial score (nSPS) is 10.7. The van der Waals surface area contributed by atoms with E-state index in [0.29, 0.717) is 32.6 Å². The predicted molar refractivity (Wildman–Crippen MR) is 89.8 cm³/mol. The minimum absolute atomic E-state index is 0.0293. The van der Waals surface area contributed by atoms with Gasteiger partial charge in [-0.25, -0.2) is 0 Å². The first kappa shape index (κ1) is 18.9. The number of nitrogens with zero attached hydrogens (tertiary/aromatic N) is 1. The number of ether oxygens (including phenoxy) is 2. The van der Waals surface area contributed by atoms with Gasteiger partial charge >= 0.3 is 5.97 Å². The maximum Gasteiger partial charge on any atom is 0.325 e. The van der Waals surface area contributed by atoms with E-state index < -0.39 is 5.97 Å². The van der Waals surface area contributed by atoms with Gasteiger partial charge < -0.3 is 14.4 Å². The number of carbonyl (C=O) groups excluding carboxylic acids is 2.